The summed E-state index contributed by atoms with van der Waals surface area (Å²) in [5, 5.41) is 21.7. The van der Waals surface area contributed by atoms with Gasteiger partial charge in [0.25, 0.3) is 5.69 Å². The molecule has 1 fully saturated rings. The fraction of sp³-hybridized carbons (Fsp3) is 0.350. The number of hydrogen-bond acceptors (Lipinski definition) is 6. The predicted molar refractivity (Wildman–Crippen MR) is 101 cm³/mol. The molecule has 27 heavy (non-hydrogen) atoms. The third kappa shape index (κ3) is 4.09. The molecule has 0 aliphatic carbocycles. The average molecular weight is 370 g/mol. The molecular weight excluding hydrogens is 348 g/mol. The van der Waals surface area contributed by atoms with Crippen LogP contribution in [0, 0.1) is 16.0 Å². The number of esters is 1. The number of nitro benzene ring substituents is 1. The summed E-state index contributed by atoms with van der Waals surface area (Å²) in [6, 6.07) is 14.1. The summed E-state index contributed by atoms with van der Waals surface area (Å²) < 4.78 is 4.67. The van der Waals surface area contributed by atoms with Gasteiger partial charge in [0.15, 0.2) is 0 Å². The Morgan fingerprint density at radius 2 is 1.89 bits per heavy atom. The number of carbonyl (C=O) groups is 1. The standard InChI is InChI=1S/C20H22N2O5/c1-27-20(24)17-13-16(7-8-18(17)22(25)26)21-11-9-15(10-12-21)19(23)14-5-3-2-4-6-14/h2-8,13,15,19,23H,9-12H2,1H3. The number of hydrogen-bond donors (Lipinski definition) is 1. The second-order valence-corrected chi connectivity index (χ2v) is 6.63. The molecule has 1 aliphatic rings. The normalized spacial score (nSPS) is 16.0. The number of aliphatic hydroxyl groups is 1. The van der Waals surface area contributed by atoms with Crippen LogP contribution >= 0.6 is 0 Å². The summed E-state index contributed by atoms with van der Waals surface area (Å²) in [5.41, 5.74) is 1.35. The van der Waals surface area contributed by atoms with Gasteiger partial charge in [-0.1, -0.05) is 30.3 Å². The van der Waals surface area contributed by atoms with Crippen LogP contribution in [0.3, 0.4) is 0 Å². The molecule has 3 rings (SSSR count). The van der Waals surface area contributed by atoms with Gasteiger partial charge in [0, 0.05) is 24.8 Å². The van der Waals surface area contributed by atoms with Crippen LogP contribution in [0.25, 0.3) is 0 Å². The molecule has 0 bridgehead atoms. The van der Waals surface area contributed by atoms with Crippen LogP contribution < -0.4 is 4.90 Å². The number of benzene rings is 2. The van der Waals surface area contributed by atoms with E-state index in [4.69, 9.17) is 0 Å². The minimum Gasteiger partial charge on any atom is -0.465 e. The molecule has 1 unspecified atom stereocenters. The second-order valence-electron chi connectivity index (χ2n) is 6.63. The molecule has 2 aromatic rings. The van der Waals surface area contributed by atoms with E-state index in [1.165, 1.54) is 19.2 Å². The molecule has 0 spiro atoms. The number of rotatable bonds is 5. The van der Waals surface area contributed by atoms with Crippen LogP contribution in [0.5, 0.6) is 0 Å². The topological polar surface area (TPSA) is 92.9 Å². The van der Waals surface area contributed by atoms with E-state index in [2.05, 4.69) is 9.64 Å². The van der Waals surface area contributed by atoms with Gasteiger partial charge in [-0.2, -0.15) is 0 Å². The van der Waals surface area contributed by atoms with E-state index >= 15 is 0 Å². The predicted octanol–water partition coefficient (Wildman–Crippen LogP) is 3.33. The number of carbonyl (C=O) groups excluding carboxylic acids is 1. The smallest absolute Gasteiger partial charge is 0.344 e. The van der Waals surface area contributed by atoms with Crippen molar-refractivity contribution in [2.75, 3.05) is 25.1 Å². The van der Waals surface area contributed by atoms with Crippen LogP contribution in [0.15, 0.2) is 48.5 Å². The van der Waals surface area contributed by atoms with Crippen LogP contribution in [0.2, 0.25) is 0 Å². The number of aliphatic hydroxyl groups excluding tert-OH is 1. The first kappa shape index (κ1) is 18.8. The maximum atomic E-state index is 11.9. The molecule has 0 saturated carbocycles. The Morgan fingerprint density at radius 3 is 2.48 bits per heavy atom. The largest absolute Gasteiger partial charge is 0.465 e. The van der Waals surface area contributed by atoms with Gasteiger partial charge in [-0.25, -0.2) is 4.79 Å². The maximum Gasteiger partial charge on any atom is 0.344 e. The average Bonchev–Trinajstić information content (AvgIpc) is 2.72. The summed E-state index contributed by atoms with van der Waals surface area (Å²) in [6.45, 7) is 1.40. The SMILES string of the molecule is COC(=O)c1cc(N2CCC(C(O)c3ccccc3)CC2)ccc1[N+](=O)[O-]. The van der Waals surface area contributed by atoms with Gasteiger partial charge in [-0.05, 0) is 36.5 Å². The lowest BCUT2D eigenvalue weighted by atomic mass is 9.87. The highest BCUT2D eigenvalue weighted by molar-refractivity contribution is 5.95. The zero-order valence-electron chi connectivity index (χ0n) is 15.1. The fourth-order valence-corrected chi connectivity index (χ4v) is 3.55. The van der Waals surface area contributed by atoms with Crippen molar-refractivity contribution < 1.29 is 19.6 Å². The van der Waals surface area contributed by atoms with Crippen LogP contribution in [0.1, 0.15) is 34.9 Å². The molecule has 142 valence electrons. The Morgan fingerprint density at radius 1 is 1.22 bits per heavy atom. The first-order valence-corrected chi connectivity index (χ1v) is 8.86. The van der Waals surface area contributed by atoms with Crippen LogP contribution in [-0.2, 0) is 4.74 Å². The van der Waals surface area contributed by atoms with Crippen molar-refractivity contribution in [3.05, 3.63) is 69.8 Å². The zero-order chi connectivity index (χ0) is 19.4. The Balaban J connectivity index is 1.72. The van der Waals surface area contributed by atoms with Crippen molar-refractivity contribution in [3.63, 3.8) is 0 Å². The number of nitrogens with zero attached hydrogens (tertiary/aromatic N) is 2. The number of anilines is 1. The second kappa shape index (κ2) is 8.18. The molecule has 1 atom stereocenters. The number of piperidine rings is 1. The molecule has 1 saturated heterocycles. The van der Waals surface area contributed by atoms with Gasteiger partial charge in [0.05, 0.1) is 18.1 Å². The third-order valence-electron chi connectivity index (χ3n) is 5.07. The Kier molecular flexibility index (Phi) is 5.71. The number of nitro groups is 1. The van der Waals surface area contributed by atoms with Crippen LogP contribution in [-0.4, -0.2) is 36.2 Å². The highest BCUT2D eigenvalue weighted by atomic mass is 16.6. The summed E-state index contributed by atoms with van der Waals surface area (Å²) in [7, 11) is 1.20. The third-order valence-corrected chi connectivity index (χ3v) is 5.07. The Hall–Kier alpha value is -2.93. The molecule has 1 heterocycles. The summed E-state index contributed by atoms with van der Waals surface area (Å²) in [5.74, 6) is -0.570. The van der Waals surface area contributed by atoms with E-state index in [0.29, 0.717) is 13.1 Å². The number of ether oxygens (including phenoxy) is 1. The molecule has 0 amide bonds. The van der Waals surface area contributed by atoms with Crippen molar-refractivity contribution in [1.82, 2.24) is 0 Å². The molecule has 0 aromatic heterocycles. The minimum atomic E-state index is -0.724. The first-order chi connectivity index (χ1) is 13.0. The molecule has 7 nitrogen and oxygen atoms in total. The number of methoxy groups -OCH3 is 1. The highest BCUT2D eigenvalue weighted by Crippen LogP contribution is 2.33. The maximum absolute atomic E-state index is 11.9. The summed E-state index contributed by atoms with van der Waals surface area (Å²) in [4.78, 5) is 24.5. The zero-order valence-corrected chi connectivity index (χ0v) is 15.1. The minimum absolute atomic E-state index is 0.0496. The fourth-order valence-electron chi connectivity index (χ4n) is 3.55. The van der Waals surface area contributed by atoms with Crippen LogP contribution in [0.4, 0.5) is 11.4 Å². The summed E-state index contributed by atoms with van der Waals surface area (Å²) in [6.07, 6.45) is 1.08. The molecule has 2 aromatic carbocycles. The van der Waals surface area contributed by atoms with E-state index in [9.17, 15) is 20.0 Å². The first-order valence-electron chi connectivity index (χ1n) is 8.86. The molecule has 1 aliphatic heterocycles. The molecule has 1 N–H and O–H groups in total. The van der Waals surface area contributed by atoms with E-state index in [1.807, 2.05) is 30.3 Å². The molecular formula is C20H22N2O5. The van der Waals surface area contributed by atoms with Gasteiger partial charge in [-0.15, -0.1) is 0 Å². The lowest BCUT2D eigenvalue weighted by Crippen LogP contribution is -2.35. The lowest BCUT2D eigenvalue weighted by molar-refractivity contribution is -0.385. The van der Waals surface area contributed by atoms with Crippen molar-refractivity contribution in [3.8, 4) is 0 Å². The van der Waals surface area contributed by atoms with E-state index < -0.39 is 17.0 Å². The summed E-state index contributed by atoms with van der Waals surface area (Å²) >= 11 is 0. The van der Waals surface area contributed by atoms with Gasteiger partial charge < -0.3 is 14.7 Å². The van der Waals surface area contributed by atoms with Gasteiger partial charge in [0.2, 0.25) is 0 Å². The van der Waals surface area contributed by atoms with Crippen molar-refractivity contribution in [2.24, 2.45) is 5.92 Å². The van der Waals surface area contributed by atoms with E-state index in [1.54, 1.807) is 6.07 Å². The van der Waals surface area contributed by atoms with E-state index in [-0.39, 0.29) is 17.2 Å². The monoisotopic (exact) mass is 370 g/mol. The van der Waals surface area contributed by atoms with E-state index in [0.717, 1.165) is 24.1 Å². The molecule has 0 radical (unpaired) electrons. The van der Waals surface area contributed by atoms with Gasteiger partial charge >= 0.3 is 5.97 Å². The molecule has 7 heteroatoms. The Labute approximate surface area is 157 Å². The highest BCUT2D eigenvalue weighted by Gasteiger charge is 2.28. The quantitative estimate of drug-likeness (QED) is 0.493. The van der Waals surface area contributed by atoms with Crippen molar-refractivity contribution >= 4 is 17.3 Å². The van der Waals surface area contributed by atoms with Crippen molar-refractivity contribution in [1.29, 1.82) is 0 Å². The lowest BCUT2D eigenvalue weighted by Gasteiger charge is -2.35. The van der Waals surface area contributed by atoms with Gasteiger partial charge in [-0.3, -0.25) is 10.1 Å². The van der Waals surface area contributed by atoms with Gasteiger partial charge in [0.1, 0.15) is 5.56 Å². The van der Waals surface area contributed by atoms with Crippen molar-refractivity contribution in [2.45, 2.75) is 18.9 Å². The Bertz CT molecular complexity index is 816.